The highest BCUT2D eigenvalue weighted by molar-refractivity contribution is 7.99. The van der Waals surface area contributed by atoms with Gasteiger partial charge in [-0.15, -0.1) is 10.2 Å². The van der Waals surface area contributed by atoms with E-state index in [0.29, 0.717) is 17.3 Å². The van der Waals surface area contributed by atoms with Crippen LogP contribution in [0.15, 0.2) is 23.9 Å². The third-order valence-electron chi connectivity index (χ3n) is 2.49. The molecule has 1 amide bonds. The first-order valence-electron chi connectivity index (χ1n) is 6.06. The molecule has 2 rings (SSSR count). The van der Waals surface area contributed by atoms with Crippen molar-refractivity contribution >= 4 is 29.3 Å². The van der Waals surface area contributed by atoms with Crippen LogP contribution in [0, 0.1) is 0 Å². The van der Waals surface area contributed by atoms with Gasteiger partial charge in [0, 0.05) is 26.3 Å². The summed E-state index contributed by atoms with van der Waals surface area (Å²) in [5.41, 5.74) is 0. The van der Waals surface area contributed by atoms with E-state index in [9.17, 15) is 4.79 Å². The van der Waals surface area contributed by atoms with E-state index >= 15 is 0 Å². The Labute approximate surface area is 125 Å². The van der Waals surface area contributed by atoms with Crippen LogP contribution in [0.4, 0.5) is 0 Å². The van der Waals surface area contributed by atoms with Crippen LogP contribution in [0.3, 0.4) is 0 Å². The molecule has 20 heavy (non-hydrogen) atoms. The summed E-state index contributed by atoms with van der Waals surface area (Å²) >= 11 is 7.12. The van der Waals surface area contributed by atoms with E-state index in [1.54, 1.807) is 28.0 Å². The molecule has 0 bridgehead atoms. The molecule has 2 heterocycles. The second kappa shape index (κ2) is 7.30. The number of hydrogen-bond acceptors (Lipinski definition) is 5. The Balaban J connectivity index is 1.59. The molecule has 2 aromatic rings. The third kappa shape index (κ3) is 4.53. The Bertz CT molecular complexity index is 569. The smallest absolute Gasteiger partial charge is 0.230 e. The molecule has 108 valence electrons. The number of aryl methyl sites for hydroxylation is 2. The van der Waals surface area contributed by atoms with Gasteiger partial charge in [-0.25, -0.2) is 0 Å². The van der Waals surface area contributed by atoms with Crippen molar-refractivity contribution in [2.24, 2.45) is 7.05 Å². The normalized spacial score (nSPS) is 10.7. The lowest BCUT2D eigenvalue weighted by Crippen LogP contribution is -2.27. The zero-order valence-electron chi connectivity index (χ0n) is 11.0. The van der Waals surface area contributed by atoms with E-state index < -0.39 is 0 Å². The molecule has 0 aliphatic rings. The van der Waals surface area contributed by atoms with Gasteiger partial charge in [0.1, 0.15) is 6.33 Å². The first-order chi connectivity index (χ1) is 9.65. The van der Waals surface area contributed by atoms with Gasteiger partial charge in [0.15, 0.2) is 5.16 Å². The lowest BCUT2D eigenvalue weighted by atomic mass is 10.4. The summed E-state index contributed by atoms with van der Waals surface area (Å²) in [7, 11) is 1.84. The van der Waals surface area contributed by atoms with Gasteiger partial charge in [-0.2, -0.15) is 5.10 Å². The summed E-state index contributed by atoms with van der Waals surface area (Å²) in [5, 5.41) is 15.9. The molecule has 0 aliphatic heterocycles. The molecule has 2 aromatic heterocycles. The number of nitrogens with zero attached hydrogens (tertiary/aromatic N) is 5. The van der Waals surface area contributed by atoms with Crippen LogP contribution in [0.5, 0.6) is 0 Å². The highest BCUT2D eigenvalue weighted by Gasteiger charge is 2.06. The van der Waals surface area contributed by atoms with Crippen molar-refractivity contribution in [2.75, 3.05) is 12.3 Å². The summed E-state index contributed by atoms with van der Waals surface area (Å²) in [6.45, 7) is 1.33. The van der Waals surface area contributed by atoms with Crippen molar-refractivity contribution in [1.82, 2.24) is 29.9 Å². The summed E-state index contributed by atoms with van der Waals surface area (Å²) in [5.74, 6) is 0.316. The predicted octanol–water partition coefficient (Wildman–Crippen LogP) is 0.964. The van der Waals surface area contributed by atoms with Gasteiger partial charge < -0.3 is 9.88 Å². The van der Waals surface area contributed by atoms with Crippen molar-refractivity contribution in [3.05, 3.63) is 23.7 Å². The first kappa shape index (κ1) is 14.9. The number of thioether (sulfide) groups is 1. The van der Waals surface area contributed by atoms with Gasteiger partial charge in [-0.1, -0.05) is 23.4 Å². The van der Waals surface area contributed by atoms with E-state index in [0.717, 1.165) is 18.1 Å². The second-order valence-corrected chi connectivity index (χ2v) is 5.52. The Morgan fingerprint density at radius 2 is 2.40 bits per heavy atom. The van der Waals surface area contributed by atoms with Crippen molar-refractivity contribution in [1.29, 1.82) is 0 Å². The van der Waals surface area contributed by atoms with Gasteiger partial charge >= 0.3 is 0 Å². The quantitative estimate of drug-likeness (QED) is 0.608. The van der Waals surface area contributed by atoms with Crippen LogP contribution in [0.25, 0.3) is 0 Å². The number of amides is 1. The molecular formula is C11H15ClN6OS. The van der Waals surface area contributed by atoms with E-state index in [1.165, 1.54) is 11.8 Å². The van der Waals surface area contributed by atoms with E-state index in [2.05, 4.69) is 20.6 Å². The highest BCUT2D eigenvalue weighted by atomic mass is 35.5. The Kier molecular flexibility index (Phi) is 5.42. The number of rotatable bonds is 7. The number of halogens is 1. The zero-order valence-corrected chi connectivity index (χ0v) is 12.6. The molecular weight excluding hydrogens is 300 g/mol. The summed E-state index contributed by atoms with van der Waals surface area (Å²) in [6, 6.07) is 0. The summed E-state index contributed by atoms with van der Waals surface area (Å²) < 4.78 is 3.53. The lowest BCUT2D eigenvalue weighted by Gasteiger charge is -2.05. The van der Waals surface area contributed by atoms with Crippen molar-refractivity contribution in [2.45, 2.75) is 18.1 Å². The van der Waals surface area contributed by atoms with Crippen LogP contribution >= 0.6 is 23.4 Å². The molecule has 0 fully saturated rings. The number of carbonyl (C=O) groups excluding carboxylic acids is 1. The molecule has 0 spiro atoms. The van der Waals surface area contributed by atoms with Crippen molar-refractivity contribution in [3.63, 3.8) is 0 Å². The molecule has 0 aliphatic carbocycles. The lowest BCUT2D eigenvalue weighted by molar-refractivity contribution is -0.118. The van der Waals surface area contributed by atoms with Crippen molar-refractivity contribution in [3.8, 4) is 0 Å². The molecule has 9 heteroatoms. The van der Waals surface area contributed by atoms with Crippen LogP contribution in [0.1, 0.15) is 6.42 Å². The maximum atomic E-state index is 11.6. The van der Waals surface area contributed by atoms with Gasteiger partial charge in [0.25, 0.3) is 0 Å². The van der Waals surface area contributed by atoms with Crippen LogP contribution in [0.2, 0.25) is 5.02 Å². The Hall–Kier alpha value is -1.54. The fourth-order valence-electron chi connectivity index (χ4n) is 1.51. The fraction of sp³-hybridized carbons (Fsp3) is 0.455. The van der Waals surface area contributed by atoms with E-state index in [4.69, 9.17) is 11.6 Å². The molecule has 0 saturated carbocycles. The SMILES string of the molecule is Cn1cnnc1SCC(=O)NCCCn1cc(Cl)cn1. The fourth-order valence-corrected chi connectivity index (χ4v) is 2.39. The average molecular weight is 315 g/mol. The molecule has 0 unspecified atom stereocenters. The van der Waals surface area contributed by atoms with E-state index in [1.807, 2.05) is 7.05 Å². The zero-order chi connectivity index (χ0) is 14.4. The van der Waals surface area contributed by atoms with Crippen LogP contribution in [-0.4, -0.2) is 42.7 Å². The van der Waals surface area contributed by atoms with Gasteiger partial charge in [-0.3, -0.25) is 9.48 Å². The molecule has 1 N–H and O–H groups in total. The largest absolute Gasteiger partial charge is 0.355 e. The standard InChI is InChI=1S/C11H15ClN6OS/c1-17-8-14-16-11(17)20-7-10(19)13-3-2-4-18-6-9(12)5-15-18/h5-6,8H,2-4,7H2,1H3,(H,13,19). The number of nitrogens with one attached hydrogen (secondary N) is 1. The second-order valence-electron chi connectivity index (χ2n) is 4.14. The Morgan fingerprint density at radius 3 is 3.05 bits per heavy atom. The van der Waals surface area contributed by atoms with Crippen molar-refractivity contribution < 1.29 is 4.79 Å². The third-order valence-corrected chi connectivity index (χ3v) is 3.72. The van der Waals surface area contributed by atoms with Crippen LogP contribution < -0.4 is 5.32 Å². The average Bonchev–Trinajstić information content (AvgIpc) is 3.01. The summed E-state index contributed by atoms with van der Waals surface area (Å²) in [6.07, 6.45) is 5.76. The minimum absolute atomic E-state index is 0.0171. The molecule has 0 aromatic carbocycles. The topological polar surface area (TPSA) is 77.6 Å². The van der Waals surface area contributed by atoms with Gasteiger partial charge in [0.2, 0.25) is 5.91 Å². The molecule has 0 atom stereocenters. The monoisotopic (exact) mass is 314 g/mol. The highest BCUT2D eigenvalue weighted by Crippen LogP contribution is 2.12. The van der Waals surface area contributed by atoms with Gasteiger partial charge in [-0.05, 0) is 6.42 Å². The number of carbonyl (C=O) groups is 1. The van der Waals surface area contributed by atoms with Gasteiger partial charge in [0.05, 0.1) is 17.0 Å². The predicted molar refractivity (Wildman–Crippen MR) is 76.6 cm³/mol. The molecule has 0 saturated heterocycles. The minimum atomic E-state index is -0.0171. The minimum Gasteiger partial charge on any atom is -0.355 e. The number of aromatic nitrogens is 5. The maximum absolute atomic E-state index is 11.6. The van der Waals surface area contributed by atoms with Crippen LogP contribution in [-0.2, 0) is 18.4 Å². The maximum Gasteiger partial charge on any atom is 0.230 e. The summed E-state index contributed by atoms with van der Waals surface area (Å²) in [4.78, 5) is 11.6. The molecule has 7 nitrogen and oxygen atoms in total. The number of hydrogen-bond donors (Lipinski definition) is 1. The Morgan fingerprint density at radius 1 is 1.55 bits per heavy atom. The first-order valence-corrected chi connectivity index (χ1v) is 7.43. The molecule has 0 radical (unpaired) electrons. The van der Waals surface area contributed by atoms with E-state index in [-0.39, 0.29) is 5.91 Å².